The molecule has 1 saturated heterocycles. The number of amides is 1. The number of nitrogens with zero attached hydrogens (tertiary/aromatic N) is 3. The summed E-state index contributed by atoms with van der Waals surface area (Å²) in [5.41, 5.74) is 0.797. The van der Waals surface area contributed by atoms with Crippen LogP contribution >= 0.6 is 0 Å². The Bertz CT molecular complexity index is 801. The first-order chi connectivity index (χ1) is 13.0. The number of hydrogen-bond acceptors (Lipinski definition) is 3. The van der Waals surface area contributed by atoms with Crippen molar-refractivity contribution in [3.63, 3.8) is 0 Å². The molecule has 1 aromatic heterocycles. The van der Waals surface area contributed by atoms with Crippen LogP contribution in [0.15, 0.2) is 42.7 Å². The van der Waals surface area contributed by atoms with E-state index in [0.717, 1.165) is 31.2 Å². The minimum atomic E-state index is -0.842. The third kappa shape index (κ3) is 3.18. The quantitative estimate of drug-likeness (QED) is 0.899. The smallest absolute Gasteiger partial charge is 0.257 e. The number of carbonyl (C=O) groups excluding carboxylic acids is 1. The fourth-order valence-electron chi connectivity index (χ4n) is 4.92. The van der Waals surface area contributed by atoms with Gasteiger partial charge in [-0.25, -0.2) is 0 Å². The Morgan fingerprint density at radius 3 is 2.67 bits per heavy atom. The molecule has 2 fully saturated rings. The second kappa shape index (κ2) is 7.12. The number of piperidine rings is 1. The minimum absolute atomic E-state index is 0.0499. The molecule has 0 unspecified atom stereocenters. The van der Waals surface area contributed by atoms with Gasteiger partial charge in [-0.3, -0.25) is 9.48 Å². The largest absolute Gasteiger partial charge is 0.385 e. The number of aliphatic hydroxyl groups is 1. The van der Waals surface area contributed by atoms with Crippen molar-refractivity contribution in [1.82, 2.24) is 14.7 Å². The van der Waals surface area contributed by atoms with Crippen LogP contribution in [0.4, 0.5) is 0 Å². The molecule has 27 heavy (non-hydrogen) atoms. The number of hydrogen-bond donors (Lipinski definition) is 1. The fraction of sp³-hybridized carbons (Fsp3) is 0.545. The average Bonchev–Trinajstić information content (AvgIpc) is 3.19. The molecule has 1 saturated carbocycles. The van der Waals surface area contributed by atoms with Gasteiger partial charge in [-0.2, -0.15) is 5.10 Å². The van der Waals surface area contributed by atoms with Gasteiger partial charge in [-0.15, -0.1) is 0 Å². The lowest BCUT2D eigenvalue weighted by Crippen LogP contribution is -2.58. The number of carbonyl (C=O) groups is 1. The van der Waals surface area contributed by atoms with Crippen molar-refractivity contribution in [3.8, 4) is 0 Å². The standard InChI is InChI=1S/C22H29N3O2/c1-16(2)25-15-17(14-23-25)21(26)24-13-12-22(27,18-8-4-3-5-9-18)19-10-6-7-11-20(19)24/h3-5,8-9,14-16,19-20,27H,6-7,10-13H2,1-2H3/t19-,20-,22+/m0/s1. The minimum Gasteiger partial charge on any atom is -0.385 e. The molecular formula is C22H29N3O2. The van der Waals surface area contributed by atoms with E-state index in [2.05, 4.69) is 18.9 Å². The van der Waals surface area contributed by atoms with Gasteiger partial charge in [-0.05, 0) is 38.7 Å². The first-order valence-corrected chi connectivity index (χ1v) is 10.1. The highest BCUT2D eigenvalue weighted by molar-refractivity contribution is 5.94. The molecule has 3 atom stereocenters. The lowest BCUT2D eigenvalue weighted by molar-refractivity contribution is -0.110. The Labute approximate surface area is 161 Å². The predicted octanol–water partition coefficient (Wildman–Crippen LogP) is 3.76. The van der Waals surface area contributed by atoms with E-state index in [4.69, 9.17) is 0 Å². The van der Waals surface area contributed by atoms with E-state index < -0.39 is 5.60 Å². The molecule has 1 amide bonds. The maximum atomic E-state index is 13.2. The molecule has 4 rings (SSSR count). The van der Waals surface area contributed by atoms with Crippen molar-refractivity contribution in [2.24, 2.45) is 5.92 Å². The monoisotopic (exact) mass is 367 g/mol. The van der Waals surface area contributed by atoms with Crippen LogP contribution in [0.2, 0.25) is 0 Å². The number of likely N-dealkylation sites (tertiary alicyclic amines) is 1. The van der Waals surface area contributed by atoms with Crippen LogP contribution < -0.4 is 0 Å². The summed E-state index contributed by atoms with van der Waals surface area (Å²) < 4.78 is 1.83. The molecule has 1 aliphatic heterocycles. The lowest BCUT2D eigenvalue weighted by Gasteiger charge is -2.52. The van der Waals surface area contributed by atoms with E-state index in [1.165, 1.54) is 0 Å². The summed E-state index contributed by atoms with van der Waals surface area (Å²) in [5.74, 6) is 0.139. The van der Waals surface area contributed by atoms with Gasteiger partial charge in [0.15, 0.2) is 0 Å². The molecule has 0 spiro atoms. The molecule has 1 aromatic carbocycles. The maximum absolute atomic E-state index is 13.2. The zero-order chi connectivity index (χ0) is 19.0. The van der Waals surface area contributed by atoms with Gasteiger partial charge >= 0.3 is 0 Å². The van der Waals surface area contributed by atoms with Gasteiger partial charge in [0.25, 0.3) is 5.91 Å². The summed E-state index contributed by atoms with van der Waals surface area (Å²) in [6, 6.07) is 10.3. The normalized spacial score (nSPS) is 28.2. The van der Waals surface area contributed by atoms with E-state index in [1.807, 2.05) is 46.1 Å². The van der Waals surface area contributed by atoms with Crippen LogP contribution in [0.1, 0.15) is 67.9 Å². The van der Waals surface area contributed by atoms with Crippen molar-refractivity contribution in [3.05, 3.63) is 53.9 Å². The fourth-order valence-corrected chi connectivity index (χ4v) is 4.92. The first-order valence-electron chi connectivity index (χ1n) is 10.1. The average molecular weight is 367 g/mol. The summed E-state index contributed by atoms with van der Waals surface area (Å²) in [6.07, 6.45) is 8.27. The second-order valence-electron chi connectivity index (χ2n) is 8.30. The first kappa shape index (κ1) is 18.2. The third-order valence-corrected chi connectivity index (χ3v) is 6.39. The number of aromatic nitrogens is 2. The van der Waals surface area contributed by atoms with Crippen LogP contribution in [-0.4, -0.2) is 38.3 Å². The molecular weight excluding hydrogens is 338 g/mol. The molecule has 2 heterocycles. The van der Waals surface area contributed by atoms with Crippen molar-refractivity contribution in [2.45, 2.75) is 63.6 Å². The van der Waals surface area contributed by atoms with Gasteiger partial charge < -0.3 is 10.0 Å². The molecule has 5 heteroatoms. The lowest BCUT2D eigenvalue weighted by atomic mass is 9.66. The Kier molecular flexibility index (Phi) is 4.81. The third-order valence-electron chi connectivity index (χ3n) is 6.39. The van der Waals surface area contributed by atoms with Gasteiger partial charge in [-0.1, -0.05) is 43.2 Å². The highest BCUT2D eigenvalue weighted by Crippen LogP contribution is 2.47. The topological polar surface area (TPSA) is 58.4 Å². The van der Waals surface area contributed by atoms with Crippen LogP contribution in [-0.2, 0) is 5.60 Å². The Balaban J connectivity index is 1.62. The predicted molar refractivity (Wildman–Crippen MR) is 104 cm³/mol. The van der Waals surface area contributed by atoms with E-state index in [-0.39, 0.29) is 23.9 Å². The Morgan fingerprint density at radius 2 is 1.96 bits per heavy atom. The molecule has 2 aromatic rings. The zero-order valence-corrected chi connectivity index (χ0v) is 16.2. The molecule has 5 nitrogen and oxygen atoms in total. The van der Waals surface area contributed by atoms with Crippen molar-refractivity contribution >= 4 is 5.91 Å². The van der Waals surface area contributed by atoms with E-state index in [0.29, 0.717) is 18.5 Å². The summed E-state index contributed by atoms with van der Waals surface area (Å²) >= 11 is 0. The summed E-state index contributed by atoms with van der Waals surface area (Å²) in [7, 11) is 0. The number of fused-ring (bicyclic) bond motifs is 1. The van der Waals surface area contributed by atoms with Gasteiger partial charge in [0.05, 0.1) is 17.4 Å². The summed E-state index contributed by atoms with van der Waals surface area (Å²) in [4.78, 5) is 15.2. The highest BCUT2D eigenvalue weighted by atomic mass is 16.3. The Hall–Kier alpha value is -2.14. The van der Waals surface area contributed by atoms with Crippen molar-refractivity contribution in [2.75, 3.05) is 6.54 Å². The summed E-state index contributed by atoms with van der Waals surface area (Å²) in [6.45, 7) is 4.69. The molecule has 1 N–H and O–H groups in total. The molecule has 1 aliphatic carbocycles. The van der Waals surface area contributed by atoms with Crippen LogP contribution in [0.25, 0.3) is 0 Å². The van der Waals surface area contributed by atoms with Gasteiger partial charge in [0, 0.05) is 30.7 Å². The second-order valence-corrected chi connectivity index (χ2v) is 8.30. The zero-order valence-electron chi connectivity index (χ0n) is 16.2. The van der Waals surface area contributed by atoms with E-state index in [9.17, 15) is 9.90 Å². The summed E-state index contributed by atoms with van der Waals surface area (Å²) in [5, 5.41) is 16.0. The maximum Gasteiger partial charge on any atom is 0.257 e. The van der Waals surface area contributed by atoms with Crippen molar-refractivity contribution < 1.29 is 9.90 Å². The van der Waals surface area contributed by atoms with Crippen LogP contribution in [0, 0.1) is 5.92 Å². The highest BCUT2D eigenvalue weighted by Gasteiger charge is 2.50. The Morgan fingerprint density at radius 1 is 1.22 bits per heavy atom. The number of benzene rings is 1. The van der Waals surface area contributed by atoms with Gasteiger partial charge in [0.1, 0.15) is 0 Å². The van der Waals surface area contributed by atoms with E-state index in [1.54, 1.807) is 6.20 Å². The van der Waals surface area contributed by atoms with E-state index >= 15 is 0 Å². The molecule has 0 radical (unpaired) electrons. The molecule has 2 aliphatic rings. The van der Waals surface area contributed by atoms with Crippen molar-refractivity contribution in [1.29, 1.82) is 0 Å². The SMILES string of the molecule is CC(C)n1cc(C(=O)N2CC[C@@](O)(c3ccccc3)[C@H]3CCCC[C@@H]32)cn1. The molecule has 144 valence electrons. The molecule has 0 bridgehead atoms. The van der Waals surface area contributed by atoms with Crippen LogP contribution in [0.5, 0.6) is 0 Å². The van der Waals surface area contributed by atoms with Crippen LogP contribution in [0.3, 0.4) is 0 Å². The number of rotatable bonds is 3. The van der Waals surface area contributed by atoms with Gasteiger partial charge in [0.2, 0.25) is 0 Å².